The second-order valence-corrected chi connectivity index (χ2v) is 6.19. The van der Waals surface area contributed by atoms with E-state index in [1.165, 1.54) is 4.31 Å². The molecule has 0 bridgehead atoms. The zero-order chi connectivity index (χ0) is 12.8. The van der Waals surface area contributed by atoms with Crippen molar-refractivity contribution in [3.05, 3.63) is 0 Å². The highest BCUT2D eigenvalue weighted by molar-refractivity contribution is 7.87. The molecule has 5 nitrogen and oxygen atoms in total. The molecule has 0 aliphatic carbocycles. The Balaban J connectivity index is 4.42. The predicted octanol–water partition coefficient (Wildman–Crippen LogP) is 0.536. The van der Waals surface area contributed by atoms with Gasteiger partial charge in [-0.2, -0.15) is 17.4 Å². The summed E-state index contributed by atoms with van der Waals surface area (Å²) in [6.45, 7) is 6.79. The van der Waals surface area contributed by atoms with Gasteiger partial charge < -0.3 is 5.73 Å². The second-order valence-electron chi connectivity index (χ2n) is 4.38. The van der Waals surface area contributed by atoms with Crippen LogP contribution in [0.15, 0.2) is 0 Å². The molecule has 0 amide bonds. The van der Waals surface area contributed by atoms with Crippen molar-refractivity contribution in [1.29, 1.82) is 0 Å². The van der Waals surface area contributed by atoms with E-state index >= 15 is 0 Å². The Morgan fingerprint density at radius 2 is 1.94 bits per heavy atom. The molecule has 6 heteroatoms. The zero-order valence-electron chi connectivity index (χ0n) is 10.7. The highest BCUT2D eigenvalue weighted by Crippen LogP contribution is 2.04. The Morgan fingerprint density at radius 3 is 2.31 bits per heavy atom. The number of nitrogens with zero attached hydrogens (tertiary/aromatic N) is 1. The molecule has 0 rings (SSSR count). The van der Waals surface area contributed by atoms with Gasteiger partial charge in [0, 0.05) is 26.2 Å². The third kappa shape index (κ3) is 5.25. The lowest BCUT2D eigenvalue weighted by Gasteiger charge is -2.24. The van der Waals surface area contributed by atoms with Gasteiger partial charge in [-0.3, -0.25) is 0 Å². The minimum absolute atomic E-state index is 0.194. The summed E-state index contributed by atoms with van der Waals surface area (Å²) >= 11 is 0. The molecule has 16 heavy (non-hydrogen) atoms. The van der Waals surface area contributed by atoms with Crippen molar-refractivity contribution in [3.63, 3.8) is 0 Å². The molecule has 0 radical (unpaired) electrons. The van der Waals surface area contributed by atoms with E-state index in [0.29, 0.717) is 13.1 Å². The average molecular weight is 251 g/mol. The van der Waals surface area contributed by atoms with Crippen molar-refractivity contribution in [2.45, 2.75) is 39.7 Å². The number of hydrogen-bond acceptors (Lipinski definition) is 3. The predicted molar refractivity (Wildman–Crippen MR) is 67.3 cm³/mol. The number of nitrogens with one attached hydrogen (secondary N) is 1. The number of nitrogens with two attached hydrogens (primary N) is 1. The van der Waals surface area contributed by atoms with Crippen LogP contribution in [0.5, 0.6) is 0 Å². The first-order chi connectivity index (χ1) is 7.35. The fourth-order valence-corrected chi connectivity index (χ4v) is 2.54. The van der Waals surface area contributed by atoms with Crippen molar-refractivity contribution in [2.75, 3.05) is 20.1 Å². The Labute approximate surface area is 99.6 Å². The molecular weight excluding hydrogens is 226 g/mol. The van der Waals surface area contributed by atoms with Gasteiger partial charge in [0.15, 0.2) is 0 Å². The van der Waals surface area contributed by atoms with Crippen LogP contribution in [0.4, 0.5) is 0 Å². The maximum Gasteiger partial charge on any atom is 0.279 e. The SMILES string of the molecule is CCCCN(C)S(=O)(=O)NC(CN)C(C)C. The van der Waals surface area contributed by atoms with Gasteiger partial charge in [-0.1, -0.05) is 27.2 Å². The molecule has 0 saturated carbocycles. The molecule has 1 unspecified atom stereocenters. The number of unbranched alkanes of at least 4 members (excludes halogenated alkanes) is 1. The van der Waals surface area contributed by atoms with E-state index in [-0.39, 0.29) is 12.0 Å². The summed E-state index contributed by atoms with van der Waals surface area (Å²) in [6, 6.07) is -0.200. The van der Waals surface area contributed by atoms with Crippen LogP contribution in [0, 0.1) is 5.92 Å². The van der Waals surface area contributed by atoms with E-state index in [1.54, 1.807) is 7.05 Å². The summed E-state index contributed by atoms with van der Waals surface area (Å²) in [6.07, 6.45) is 1.84. The molecular formula is C10H25N3O2S. The standard InChI is InChI=1S/C10H25N3O2S/c1-5-6-7-13(4)16(14,15)12-10(8-11)9(2)3/h9-10,12H,5-8,11H2,1-4H3. The summed E-state index contributed by atoms with van der Waals surface area (Å²) in [7, 11) is -1.80. The van der Waals surface area contributed by atoms with Gasteiger partial charge in [0.25, 0.3) is 10.2 Å². The molecule has 98 valence electrons. The second kappa shape index (κ2) is 7.21. The molecule has 0 saturated heterocycles. The summed E-state index contributed by atoms with van der Waals surface area (Å²) in [5, 5.41) is 0. The van der Waals surface area contributed by atoms with E-state index in [2.05, 4.69) is 4.72 Å². The van der Waals surface area contributed by atoms with E-state index in [1.807, 2.05) is 20.8 Å². The number of hydrogen-bond donors (Lipinski definition) is 2. The first-order valence-electron chi connectivity index (χ1n) is 5.78. The molecule has 0 fully saturated rings. The van der Waals surface area contributed by atoms with Gasteiger partial charge >= 0.3 is 0 Å². The van der Waals surface area contributed by atoms with Crippen molar-refractivity contribution in [2.24, 2.45) is 11.7 Å². The van der Waals surface area contributed by atoms with Crippen LogP contribution >= 0.6 is 0 Å². The largest absolute Gasteiger partial charge is 0.329 e. The van der Waals surface area contributed by atoms with Gasteiger partial charge in [-0.05, 0) is 12.3 Å². The Bertz CT molecular complexity index is 278. The maximum absolute atomic E-state index is 11.9. The van der Waals surface area contributed by atoms with Crippen molar-refractivity contribution in [1.82, 2.24) is 9.03 Å². The van der Waals surface area contributed by atoms with Crippen LogP contribution in [0.25, 0.3) is 0 Å². The van der Waals surface area contributed by atoms with Crippen LogP contribution in [0.1, 0.15) is 33.6 Å². The minimum atomic E-state index is -3.39. The normalized spacial score (nSPS) is 14.7. The molecule has 0 aliphatic rings. The lowest BCUT2D eigenvalue weighted by molar-refractivity contribution is 0.410. The highest BCUT2D eigenvalue weighted by atomic mass is 32.2. The fraction of sp³-hybridized carbons (Fsp3) is 1.00. The molecule has 0 aliphatic heterocycles. The van der Waals surface area contributed by atoms with Gasteiger partial charge in [-0.25, -0.2) is 0 Å². The summed E-state index contributed by atoms with van der Waals surface area (Å²) in [5.41, 5.74) is 5.54. The van der Waals surface area contributed by atoms with Gasteiger partial charge in [0.05, 0.1) is 0 Å². The van der Waals surface area contributed by atoms with Gasteiger partial charge in [-0.15, -0.1) is 0 Å². The lowest BCUT2D eigenvalue weighted by Crippen LogP contribution is -2.49. The monoisotopic (exact) mass is 251 g/mol. The van der Waals surface area contributed by atoms with Crippen molar-refractivity contribution >= 4 is 10.2 Å². The number of rotatable bonds is 8. The first kappa shape index (κ1) is 15.8. The van der Waals surface area contributed by atoms with E-state index in [0.717, 1.165) is 12.8 Å². The molecule has 3 N–H and O–H groups in total. The van der Waals surface area contributed by atoms with Crippen LogP contribution in [-0.2, 0) is 10.2 Å². The van der Waals surface area contributed by atoms with Crippen LogP contribution in [-0.4, -0.2) is 38.9 Å². The third-order valence-electron chi connectivity index (χ3n) is 2.60. The van der Waals surface area contributed by atoms with Gasteiger partial charge in [0.2, 0.25) is 0 Å². The molecule has 0 aromatic heterocycles. The van der Waals surface area contributed by atoms with Crippen LogP contribution in [0.3, 0.4) is 0 Å². The maximum atomic E-state index is 11.9. The Morgan fingerprint density at radius 1 is 1.38 bits per heavy atom. The molecule has 1 atom stereocenters. The highest BCUT2D eigenvalue weighted by Gasteiger charge is 2.22. The summed E-state index contributed by atoms with van der Waals surface area (Å²) in [5.74, 6) is 0.194. The molecule has 0 spiro atoms. The molecule has 0 heterocycles. The Hall–Kier alpha value is -0.170. The van der Waals surface area contributed by atoms with E-state index in [9.17, 15) is 8.42 Å². The molecule has 0 aromatic rings. The van der Waals surface area contributed by atoms with E-state index in [4.69, 9.17) is 5.73 Å². The third-order valence-corrected chi connectivity index (χ3v) is 4.20. The van der Waals surface area contributed by atoms with Crippen LogP contribution in [0.2, 0.25) is 0 Å². The smallest absolute Gasteiger partial charge is 0.279 e. The summed E-state index contributed by atoms with van der Waals surface area (Å²) in [4.78, 5) is 0. The Kier molecular flexibility index (Phi) is 7.14. The van der Waals surface area contributed by atoms with E-state index < -0.39 is 10.2 Å². The van der Waals surface area contributed by atoms with Crippen LogP contribution < -0.4 is 10.5 Å². The first-order valence-corrected chi connectivity index (χ1v) is 7.22. The average Bonchev–Trinajstić information content (AvgIpc) is 2.21. The zero-order valence-corrected chi connectivity index (χ0v) is 11.5. The topological polar surface area (TPSA) is 75.4 Å². The van der Waals surface area contributed by atoms with Crippen molar-refractivity contribution in [3.8, 4) is 0 Å². The lowest BCUT2D eigenvalue weighted by atomic mass is 10.1. The van der Waals surface area contributed by atoms with Gasteiger partial charge in [0.1, 0.15) is 0 Å². The summed E-state index contributed by atoms with van der Waals surface area (Å²) < 4.78 is 27.7. The van der Waals surface area contributed by atoms with Crippen molar-refractivity contribution < 1.29 is 8.42 Å². The molecule has 0 aromatic carbocycles. The fourth-order valence-electron chi connectivity index (χ4n) is 1.24. The quantitative estimate of drug-likeness (QED) is 0.661. The minimum Gasteiger partial charge on any atom is -0.329 e.